The van der Waals surface area contributed by atoms with Crippen molar-refractivity contribution in [2.45, 2.75) is 44.4 Å². The Kier molecular flexibility index (Phi) is 5.45. The second-order valence-corrected chi connectivity index (χ2v) is 5.87. The summed E-state index contributed by atoms with van der Waals surface area (Å²) in [4.78, 5) is 18.0. The first kappa shape index (κ1) is 13.8. The molecule has 0 spiro atoms. The number of hydrogen-bond acceptors (Lipinski definition) is 3. The number of nitrogens with zero attached hydrogens (tertiary/aromatic N) is 2. The van der Waals surface area contributed by atoms with E-state index in [0.29, 0.717) is 11.8 Å². The highest BCUT2D eigenvalue weighted by molar-refractivity contribution is 7.09. The molecule has 0 bridgehead atoms. The molecule has 0 N–H and O–H groups in total. The molecule has 1 saturated heterocycles. The van der Waals surface area contributed by atoms with Gasteiger partial charge in [0.05, 0.1) is 16.6 Å². The zero-order valence-electron chi connectivity index (χ0n) is 10.5. The number of amides is 1. The van der Waals surface area contributed by atoms with Crippen LogP contribution in [0, 0.1) is 0 Å². The fourth-order valence-corrected chi connectivity index (χ4v) is 3.27. The molecule has 2 rings (SSSR count). The summed E-state index contributed by atoms with van der Waals surface area (Å²) < 4.78 is 0. The van der Waals surface area contributed by atoms with Crippen LogP contribution in [0.4, 0.5) is 0 Å². The van der Waals surface area contributed by atoms with Gasteiger partial charge in [0.15, 0.2) is 0 Å². The molecule has 1 aromatic rings. The van der Waals surface area contributed by atoms with Crippen LogP contribution in [0.2, 0.25) is 0 Å². The van der Waals surface area contributed by atoms with Gasteiger partial charge in [0.1, 0.15) is 0 Å². The highest BCUT2D eigenvalue weighted by Gasteiger charge is 2.16. The minimum atomic E-state index is 0.333. The molecular weight excluding hydrogens is 268 g/mol. The number of halogens is 1. The third-order valence-electron chi connectivity index (χ3n) is 3.23. The summed E-state index contributed by atoms with van der Waals surface area (Å²) >= 11 is 7.40. The van der Waals surface area contributed by atoms with Gasteiger partial charge in [0.25, 0.3) is 0 Å². The van der Waals surface area contributed by atoms with Crippen molar-refractivity contribution in [2.75, 3.05) is 13.1 Å². The van der Waals surface area contributed by atoms with Crippen molar-refractivity contribution in [2.24, 2.45) is 0 Å². The van der Waals surface area contributed by atoms with Crippen molar-refractivity contribution in [1.82, 2.24) is 9.88 Å². The Morgan fingerprint density at radius 1 is 1.39 bits per heavy atom. The number of piperidine rings is 1. The van der Waals surface area contributed by atoms with Crippen molar-refractivity contribution in [1.29, 1.82) is 0 Å². The van der Waals surface area contributed by atoms with Gasteiger partial charge in [-0.1, -0.05) is 0 Å². The Bertz CT molecular complexity index is 394. The van der Waals surface area contributed by atoms with E-state index < -0.39 is 0 Å². The van der Waals surface area contributed by atoms with Crippen LogP contribution in [0.1, 0.15) is 42.8 Å². The summed E-state index contributed by atoms with van der Waals surface area (Å²) in [6, 6.07) is 0. The van der Waals surface area contributed by atoms with Gasteiger partial charge in [0, 0.05) is 24.9 Å². The maximum absolute atomic E-state index is 11.6. The molecule has 0 atom stereocenters. The maximum Gasteiger partial charge on any atom is 0.222 e. The van der Waals surface area contributed by atoms with Gasteiger partial charge in [-0.3, -0.25) is 4.79 Å². The minimum absolute atomic E-state index is 0.333. The summed E-state index contributed by atoms with van der Waals surface area (Å²) in [6.07, 6.45) is 6.14. The quantitative estimate of drug-likeness (QED) is 0.594. The molecule has 0 aliphatic carbocycles. The number of aryl methyl sites for hydroxylation is 1. The number of carbonyl (C=O) groups excluding carboxylic acids is 1. The third kappa shape index (κ3) is 3.95. The molecule has 0 aromatic carbocycles. The largest absolute Gasteiger partial charge is 0.343 e. The predicted octanol–water partition coefficient (Wildman–Crippen LogP) is 3.22. The van der Waals surface area contributed by atoms with E-state index in [1.165, 1.54) is 0 Å². The van der Waals surface area contributed by atoms with Crippen LogP contribution in [-0.2, 0) is 17.1 Å². The van der Waals surface area contributed by atoms with Crippen LogP contribution >= 0.6 is 22.9 Å². The molecule has 1 aliphatic rings. The van der Waals surface area contributed by atoms with Crippen LogP contribution < -0.4 is 0 Å². The number of carbonyl (C=O) groups is 1. The van der Waals surface area contributed by atoms with E-state index in [-0.39, 0.29) is 0 Å². The van der Waals surface area contributed by atoms with E-state index in [4.69, 9.17) is 11.6 Å². The van der Waals surface area contributed by atoms with Crippen molar-refractivity contribution in [3.05, 3.63) is 16.1 Å². The second-order valence-electron chi connectivity index (χ2n) is 4.66. The lowest BCUT2D eigenvalue weighted by Crippen LogP contribution is -2.35. The van der Waals surface area contributed by atoms with Gasteiger partial charge in [-0.05, 0) is 32.1 Å². The Hall–Kier alpha value is -0.610. The monoisotopic (exact) mass is 286 g/mol. The molecule has 3 nitrogen and oxygen atoms in total. The van der Waals surface area contributed by atoms with E-state index >= 15 is 0 Å². The van der Waals surface area contributed by atoms with Crippen LogP contribution in [0.25, 0.3) is 0 Å². The molecule has 18 heavy (non-hydrogen) atoms. The lowest BCUT2D eigenvalue weighted by Gasteiger charge is -2.26. The van der Waals surface area contributed by atoms with Crippen LogP contribution in [0.15, 0.2) is 5.38 Å². The standard InChI is InChI=1S/C13H19ClN2OS/c14-9-11-10-18-12(15-11)5-1-3-7-16-8-4-2-6-13(16)17/h10H,1-9H2. The fraction of sp³-hybridized carbons (Fsp3) is 0.692. The first-order chi connectivity index (χ1) is 8.79. The van der Waals surface area contributed by atoms with Gasteiger partial charge in [-0.2, -0.15) is 0 Å². The highest BCUT2D eigenvalue weighted by Crippen LogP contribution is 2.15. The van der Waals surface area contributed by atoms with Crippen LogP contribution in [0.5, 0.6) is 0 Å². The van der Waals surface area contributed by atoms with Crippen LogP contribution in [0.3, 0.4) is 0 Å². The van der Waals surface area contributed by atoms with E-state index in [9.17, 15) is 4.79 Å². The first-order valence-electron chi connectivity index (χ1n) is 6.56. The topological polar surface area (TPSA) is 33.2 Å². The van der Waals surface area contributed by atoms with E-state index in [1.807, 2.05) is 10.3 Å². The van der Waals surface area contributed by atoms with Crippen molar-refractivity contribution >= 4 is 28.8 Å². The van der Waals surface area contributed by atoms with Crippen molar-refractivity contribution in [3.8, 4) is 0 Å². The summed E-state index contributed by atoms with van der Waals surface area (Å²) in [5, 5.41) is 3.19. The number of unbranched alkanes of at least 4 members (excludes halogenated alkanes) is 1. The lowest BCUT2D eigenvalue weighted by molar-refractivity contribution is -0.133. The third-order valence-corrected chi connectivity index (χ3v) is 4.46. The molecule has 1 amide bonds. The normalized spacial score (nSPS) is 16.3. The minimum Gasteiger partial charge on any atom is -0.343 e. The van der Waals surface area contributed by atoms with Gasteiger partial charge in [-0.25, -0.2) is 4.98 Å². The van der Waals surface area contributed by atoms with E-state index in [2.05, 4.69) is 4.98 Å². The lowest BCUT2D eigenvalue weighted by atomic mass is 10.1. The van der Waals surface area contributed by atoms with E-state index in [1.54, 1.807) is 11.3 Å². The molecule has 5 heteroatoms. The Morgan fingerprint density at radius 3 is 3.00 bits per heavy atom. The average molecular weight is 287 g/mol. The SMILES string of the molecule is O=C1CCCCN1CCCCc1nc(CCl)cs1. The summed E-state index contributed by atoms with van der Waals surface area (Å²) in [5.74, 6) is 0.832. The summed E-state index contributed by atoms with van der Waals surface area (Å²) in [6.45, 7) is 1.86. The molecule has 100 valence electrons. The molecule has 0 radical (unpaired) electrons. The van der Waals surface area contributed by atoms with Gasteiger partial charge in [0.2, 0.25) is 5.91 Å². The number of rotatable bonds is 6. The fourth-order valence-electron chi connectivity index (χ4n) is 2.20. The van der Waals surface area contributed by atoms with Crippen LogP contribution in [-0.4, -0.2) is 28.9 Å². The molecule has 0 saturated carbocycles. The summed E-state index contributed by atoms with van der Waals surface area (Å²) in [5.41, 5.74) is 0.975. The molecule has 1 fully saturated rings. The number of hydrogen-bond donors (Lipinski definition) is 0. The second kappa shape index (κ2) is 7.10. The average Bonchev–Trinajstić information content (AvgIpc) is 2.84. The summed E-state index contributed by atoms with van der Waals surface area (Å²) in [7, 11) is 0. The van der Waals surface area contributed by atoms with Gasteiger partial charge >= 0.3 is 0 Å². The predicted molar refractivity (Wildman–Crippen MR) is 75.0 cm³/mol. The number of aromatic nitrogens is 1. The highest BCUT2D eigenvalue weighted by atomic mass is 35.5. The zero-order chi connectivity index (χ0) is 12.8. The zero-order valence-corrected chi connectivity index (χ0v) is 12.1. The Morgan fingerprint density at radius 2 is 2.28 bits per heavy atom. The Labute approximate surface area is 117 Å². The van der Waals surface area contributed by atoms with Crippen molar-refractivity contribution in [3.63, 3.8) is 0 Å². The van der Waals surface area contributed by atoms with E-state index in [0.717, 1.165) is 62.3 Å². The molecule has 1 aliphatic heterocycles. The Balaban J connectivity index is 1.64. The van der Waals surface area contributed by atoms with Gasteiger partial charge < -0.3 is 4.90 Å². The van der Waals surface area contributed by atoms with Gasteiger partial charge in [-0.15, -0.1) is 22.9 Å². The molecular formula is C13H19ClN2OS. The molecule has 0 unspecified atom stereocenters. The molecule has 2 heterocycles. The first-order valence-corrected chi connectivity index (χ1v) is 7.98. The smallest absolute Gasteiger partial charge is 0.222 e. The molecule has 1 aromatic heterocycles. The number of thiazole rings is 1. The number of likely N-dealkylation sites (tertiary alicyclic amines) is 1. The maximum atomic E-state index is 11.6. The number of alkyl halides is 1. The van der Waals surface area contributed by atoms with Crippen molar-refractivity contribution < 1.29 is 4.79 Å².